The summed E-state index contributed by atoms with van der Waals surface area (Å²) in [6, 6.07) is 13.2. The molecule has 0 aliphatic carbocycles. The summed E-state index contributed by atoms with van der Waals surface area (Å²) >= 11 is 0. The van der Waals surface area contributed by atoms with Gasteiger partial charge in [0, 0.05) is 12.4 Å². The molecule has 1 heterocycles. The summed E-state index contributed by atoms with van der Waals surface area (Å²) in [6.45, 7) is 4.24. The highest BCUT2D eigenvalue weighted by atomic mass is 31.2. The van der Waals surface area contributed by atoms with E-state index in [-0.39, 0.29) is 0 Å². The average Bonchev–Trinajstić information content (AvgIpc) is 2.55. The van der Waals surface area contributed by atoms with E-state index < -0.39 is 13.4 Å². The predicted molar refractivity (Wildman–Crippen MR) is 87.9 cm³/mol. The van der Waals surface area contributed by atoms with E-state index in [4.69, 9.17) is 9.05 Å². The van der Waals surface area contributed by atoms with E-state index in [9.17, 15) is 4.57 Å². The normalized spacial score (nSPS) is 12.8. The lowest BCUT2D eigenvalue weighted by atomic mass is 10.2. The SMILES string of the molecule is CCOP(=O)(OCC)C(Nc1cccnc1)c1ccccc1. The monoisotopic (exact) mass is 320 g/mol. The predicted octanol–water partition coefficient (Wildman–Crippen LogP) is 4.46. The highest BCUT2D eigenvalue weighted by Gasteiger charge is 2.36. The lowest BCUT2D eigenvalue weighted by molar-refractivity contribution is 0.214. The zero-order valence-corrected chi connectivity index (χ0v) is 13.7. The van der Waals surface area contributed by atoms with E-state index in [2.05, 4.69) is 10.3 Å². The number of hydrogen-bond acceptors (Lipinski definition) is 5. The number of pyridine rings is 1. The molecule has 6 heteroatoms. The molecule has 0 bridgehead atoms. The summed E-state index contributed by atoms with van der Waals surface area (Å²) in [5, 5.41) is 3.23. The summed E-state index contributed by atoms with van der Waals surface area (Å²) < 4.78 is 24.2. The van der Waals surface area contributed by atoms with Gasteiger partial charge in [-0.25, -0.2) is 0 Å². The van der Waals surface area contributed by atoms with Crippen molar-refractivity contribution in [3.05, 3.63) is 60.4 Å². The van der Waals surface area contributed by atoms with Crippen LogP contribution in [0.4, 0.5) is 5.69 Å². The van der Waals surface area contributed by atoms with Gasteiger partial charge < -0.3 is 14.4 Å². The van der Waals surface area contributed by atoms with E-state index in [0.29, 0.717) is 13.2 Å². The van der Waals surface area contributed by atoms with Crippen molar-refractivity contribution in [2.45, 2.75) is 19.6 Å². The van der Waals surface area contributed by atoms with Crippen molar-refractivity contribution in [3.8, 4) is 0 Å². The molecule has 0 radical (unpaired) electrons. The van der Waals surface area contributed by atoms with Gasteiger partial charge in [-0.05, 0) is 31.5 Å². The van der Waals surface area contributed by atoms with Crippen LogP contribution in [-0.4, -0.2) is 18.2 Å². The third-order valence-corrected chi connectivity index (χ3v) is 5.31. The zero-order chi connectivity index (χ0) is 15.8. The van der Waals surface area contributed by atoms with Crippen molar-refractivity contribution in [2.24, 2.45) is 0 Å². The fourth-order valence-corrected chi connectivity index (χ4v) is 4.07. The first-order valence-corrected chi connectivity index (χ1v) is 8.91. The van der Waals surface area contributed by atoms with E-state index in [0.717, 1.165) is 11.3 Å². The minimum atomic E-state index is -3.36. The zero-order valence-electron chi connectivity index (χ0n) is 12.8. The fourth-order valence-electron chi connectivity index (χ4n) is 2.13. The maximum Gasteiger partial charge on any atom is 0.357 e. The van der Waals surface area contributed by atoms with Gasteiger partial charge in [-0.1, -0.05) is 30.3 Å². The molecule has 1 atom stereocenters. The number of nitrogens with zero attached hydrogens (tertiary/aromatic N) is 1. The van der Waals surface area contributed by atoms with Crippen molar-refractivity contribution in [1.29, 1.82) is 0 Å². The maximum atomic E-state index is 13.2. The summed E-state index contributed by atoms with van der Waals surface area (Å²) in [6.07, 6.45) is 3.37. The van der Waals surface area contributed by atoms with Gasteiger partial charge in [-0.15, -0.1) is 0 Å². The molecule has 1 unspecified atom stereocenters. The number of hydrogen-bond donors (Lipinski definition) is 1. The first-order valence-electron chi connectivity index (χ1n) is 7.30. The van der Waals surface area contributed by atoms with Crippen LogP contribution >= 0.6 is 7.60 Å². The van der Waals surface area contributed by atoms with Gasteiger partial charge in [0.05, 0.1) is 18.9 Å². The Kier molecular flexibility index (Phi) is 6.13. The maximum absolute atomic E-state index is 13.2. The fraction of sp³-hybridized carbons (Fsp3) is 0.312. The molecule has 0 spiro atoms. The molecule has 0 amide bonds. The number of nitrogens with one attached hydrogen (secondary N) is 1. The van der Waals surface area contributed by atoms with Crippen LogP contribution in [0, 0.1) is 0 Å². The molecule has 0 saturated heterocycles. The lowest BCUT2D eigenvalue weighted by Crippen LogP contribution is -2.15. The first-order chi connectivity index (χ1) is 10.7. The van der Waals surface area contributed by atoms with Gasteiger partial charge in [0.15, 0.2) is 5.78 Å². The van der Waals surface area contributed by atoms with Gasteiger partial charge in [0.1, 0.15) is 0 Å². The largest absolute Gasteiger partial charge is 0.367 e. The molecule has 1 aromatic heterocycles. The van der Waals surface area contributed by atoms with Crippen LogP contribution in [0.2, 0.25) is 0 Å². The summed E-state index contributed by atoms with van der Waals surface area (Å²) in [5.74, 6) is -0.585. The quantitative estimate of drug-likeness (QED) is 0.728. The minimum absolute atomic E-state index is 0.315. The Morgan fingerprint density at radius 2 is 1.77 bits per heavy atom. The van der Waals surface area contributed by atoms with Crippen LogP contribution in [0.5, 0.6) is 0 Å². The highest BCUT2D eigenvalue weighted by Crippen LogP contribution is 2.60. The molecule has 0 saturated carbocycles. The molecule has 5 nitrogen and oxygen atoms in total. The van der Waals surface area contributed by atoms with Crippen molar-refractivity contribution in [3.63, 3.8) is 0 Å². The van der Waals surface area contributed by atoms with Gasteiger partial charge >= 0.3 is 7.60 Å². The average molecular weight is 320 g/mol. The molecule has 2 rings (SSSR count). The number of benzene rings is 1. The van der Waals surface area contributed by atoms with Gasteiger partial charge in [-0.3, -0.25) is 9.55 Å². The highest BCUT2D eigenvalue weighted by molar-refractivity contribution is 7.54. The Hall–Kier alpha value is -1.68. The second-order valence-corrected chi connectivity index (χ2v) is 6.69. The lowest BCUT2D eigenvalue weighted by Gasteiger charge is -2.28. The van der Waals surface area contributed by atoms with Crippen molar-refractivity contribution in [1.82, 2.24) is 4.98 Å². The van der Waals surface area contributed by atoms with E-state index in [1.165, 1.54) is 0 Å². The number of anilines is 1. The molecule has 2 aromatic rings. The standard InChI is InChI=1S/C16H21N2O3P/c1-3-20-22(19,21-4-2)16(14-9-6-5-7-10-14)18-15-11-8-12-17-13-15/h5-13,16,18H,3-4H2,1-2H3. The molecular formula is C16H21N2O3P. The Morgan fingerprint density at radius 1 is 1.09 bits per heavy atom. The summed E-state index contributed by atoms with van der Waals surface area (Å²) in [7, 11) is -3.36. The first kappa shape index (κ1) is 16.7. The summed E-state index contributed by atoms with van der Waals surface area (Å²) in [5.41, 5.74) is 1.60. The van der Waals surface area contributed by atoms with Crippen molar-refractivity contribution in [2.75, 3.05) is 18.5 Å². The van der Waals surface area contributed by atoms with E-state index in [1.54, 1.807) is 26.2 Å². The van der Waals surface area contributed by atoms with Crippen molar-refractivity contribution >= 4 is 13.3 Å². The van der Waals surface area contributed by atoms with Crippen LogP contribution in [0.25, 0.3) is 0 Å². The van der Waals surface area contributed by atoms with Crippen LogP contribution in [-0.2, 0) is 13.6 Å². The van der Waals surface area contributed by atoms with Crippen LogP contribution < -0.4 is 5.32 Å². The van der Waals surface area contributed by atoms with Gasteiger partial charge in [-0.2, -0.15) is 0 Å². The number of rotatable bonds is 8. The molecule has 0 aliphatic rings. The topological polar surface area (TPSA) is 60.5 Å². The molecule has 22 heavy (non-hydrogen) atoms. The second kappa shape index (κ2) is 8.08. The Bertz CT molecular complexity index is 597. The smallest absolute Gasteiger partial charge is 0.357 e. The Morgan fingerprint density at radius 3 is 2.32 bits per heavy atom. The van der Waals surface area contributed by atoms with Crippen LogP contribution in [0.15, 0.2) is 54.9 Å². The Labute approximate surface area is 131 Å². The third-order valence-electron chi connectivity index (χ3n) is 3.01. The molecule has 0 fully saturated rings. The van der Waals surface area contributed by atoms with E-state index >= 15 is 0 Å². The Balaban J connectivity index is 2.38. The van der Waals surface area contributed by atoms with Crippen LogP contribution in [0.3, 0.4) is 0 Å². The van der Waals surface area contributed by atoms with Crippen molar-refractivity contribution < 1.29 is 13.6 Å². The number of aromatic nitrogens is 1. The summed E-state index contributed by atoms with van der Waals surface area (Å²) in [4.78, 5) is 4.07. The van der Waals surface area contributed by atoms with E-state index in [1.807, 2.05) is 42.5 Å². The third kappa shape index (κ3) is 4.17. The van der Waals surface area contributed by atoms with Gasteiger partial charge in [0.25, 0.3) is 0 Å². The molecular weight excluding hydrogens is 299 g/mol. The minimum Gasteiger partial charge on any atom is -0.367 e. The van der Waals surface area contributed by atoms with Gasteiger partial charge in [0.2, 0.25) is 0 Å². The molecule has 1 aromatic carbocycles. The molecule has 0 aliphatic heterocycles. The molecule has 118 valence electrons. The van der Waals surface area contributed by atoms with Crippen LogP contribution in [0.1, 0.15) is 25.2 Å². The molecule has 1 N–H and O–H groups in total. The second-order valence-electron chi connectivity index (χ2n) is 4.57.